The number of hydrogen-bond donors (Lipinski definition) is 0. The van der Waals surface area contributed by atoms with E-state index in [0.29, 0.717) is 25.6 Å². The van der Waals surface area contributed by atoms with Crippen LogP contribution in [0.4, 0.5) is 0 Å². The Morgan fingerprint density at radius 1 is 1.48 bits per heavy atom. The van der Waals surface area contributed by atoms with Crippen LogP contribution in [0.2, 0.25) is 0 Å². The Morgan fingerprint density at radius 3 is 3.13 bits per heavy atom. The van der Waals surface area contributed by atoms with E-state index >= 15 is 0 Å². The van der Waals surface area contributed by atoms with Crippen LogP contribution in [0, 0.1) is 6.92 Å². The molecule has 5 nitrogen and oxygen atoms in total. The maximum absolute atomic E-state index is 12.4. The molecule has 0 bridgehead atoms. The first-order valence-electron chi connectivity index (χ1n) is 8.61. The van der Waals surface area contributed by atoms with Gasteiger partial charge in [0.05, 0.1) is 30.7 Å². The van der Waals surface area contributed by atoms with Gasteiger partial charge in [0, 0.05) is 36.7 Å². The lowest BCUT2D eigenvalue weighted by molar-refractivity contribution is -0.133. The fourth-order valence-electron chi connectivity index (χ4n) is 3.27. The van der Waals surface area contributed by atoms with Gasteiger partial charge in [-0.05, 0) is 32.6 Å². The zero-order chi connectivity index (χ0) is 16.1. The zero-order valence-corrected chi connectivity index (χ0v) is 14.6. The van der Waals surface area contributed by atoms with E-state index in [9.17, 15) is 4.79 Å². The Labute approximate surface area is 142 Å². The number of aromatic nitrogens is 1. The maximum Gasteiger partial charge on any atom is 0.224 e. The summed E-state index contributed by atoms with van der Waals surface area (Å²) >= 11 is 1.72. The summed E-state index contributed by atoms with van der Waals surface area (Å²) in [5.74, 6) is 0.606. The smallest absolute Gasteiger partial charge is 0.224 e. The summed E-state index contributed by atoms with van der Waals surface area (Å²) in [6.45, 7) is 5.66. The Balaban J connectivity index is 1.40. The van der Waals surface area contributed by atoms with Crippen molar-refractivity contribution < 1.29 is 14.3 Å². The van der Waals surface area contributed by atoms with Crippen molar-refractivity contribution in [3.8, 4) is 0 Å². The normalized spacial score (nSPS) is 25.0. The van der Waals surface area contributed by atoms with Gasteiger partial charge >= 0.3 is 0 Å². The lowest BCUT2D eigenvalue weighted by Crippen LogP contribution is -2.39. The van der Waals surface area contributed by atoms with Crippen LogP contribution in [0.15, 0.2) is 5.38 Å². The molecule has 0 N–H and O–H groups in total. The van der Waals surface area contributed by atoms with Gasteiger partial charge in [-0.2, -0.15) is 0 Å². The van der Waals surface area contributed by atoms with E-state index in [4.69, 9.17) is 9.47 Å². The minimum Gasteiger partial charge on any atom is -0.378 e. The second-order valence-corrected chi connectivity index (χ2v) is 7.36. The van der Waals surface area contributed by atoms with Crippen LogP contribution in [0.25, 0.3) is 0 Å². The van der Waals surface area contributed by atoms with Crippen LogP contribution in [0.5, 0.6) is 0 Å². The van der Waals surface area contributed by atoms with Crippen molar-refractivity contribution >= 4 is 17.2 Å². The first kappa shape index (κ1) is 16.9. The largest absolute Gasteiger partial charge is 0.378 e. The molecule has 3 rings (SSSR count). The molecular formula is C17H26N2O3S. The van der Waals surface area contributed by atoms with Gasteiger partial charge in [-0.1, -0.05) is 0 Å². The van der Waals surface area contributed by atoms with E-state index in [1.807, 2.05) is 11.8 Å². The third-order valence-corrected chi connectivity index (χ3v) is 5.67. The predicted octanol–water partition coefficient (Wildman–Crippen LogP) is 2.74. The number of carbonyl (C=O) groups excluding carboxylic acids is 1. The van der Waals surface area contributed by atoms with Crippen molar-refractivity contribution in [2.45, 2.75) is 51.0 Å². The predicted molar refractivity (Wildman–Crippen MR) is 89.8 cm³/mol. The first-order valence-corrected chi connectivity index (χ1v) is 9.49. The molecule has 2 aliphatic heterocycles. The molecule has 6 heteroatoms. The average Bonchev–Trinajstić information content (AvgIpc) is 3.23. The molecule has 0 spiro atoms. The highest BCUT2D eigenvalue weighted by molar-refractivity contribution is 7.09. The summed E-state index contributed by atoms with van der Waals surface area (Å²) in [5.41, 5.74) is 1.08. The quantitative estimate of drug-likeness (QED) is 0.749. The lowest BCUT2D eigenvalue weighted by Gasteiger charge is -2.32. The number of hydrogen-bond acceptors (Lipinski definition) is 5. The molecule has 0 saturated carbocycles. The van der Waals surface area contributed by atoms with Crippen LogP contribution in [0.3, 0.4) is 0 Å². The van der Waals surface area contributed by atoms with Crippen LogP contribution < -0.4 is 0 Å². The monoisotopic (exact) mass is 338 g/mol. The van der Waals surface area contributed by atoms with Crippen LogP contribution >= 0.6 is 11.3 Å². The van der Waals surface area contributed by atoms with E-state index in [1.165, 1.54) is 5.01 Å². The van der Waals surface area contributed by atoms with Crippen molar-refractivity contribution in [1.82, 2.24) is 9.88 Å². The SMILES string of the molecule is Cc1csc(C2CCCN(C(=O)CCOCC3CCCO3)C2)n1. The summed E-state index contributed by atoms with van der Waals surface area (Å²) in [4.78, 5) is 19.0. The summed E-state index contributed by atoms with van der Waals surface area (Å²) in [5, 5.41) is 3.27. The molecule has 0 aromatic carbocycles. The molecule has 3 heterocycles. The molecule has 2 aliphatic rings. The highest BCUT2D eigenvalue weighted by Gasteiger charge is 2.26. The van der Waals surface area contributed by atoms with E-state index in [0.717, 1.165) is 51.1 Å². The van der Waals surface area contributed by atoms with E-state index < -0.39 is 0 Å². The van der Waals surface area contributed by atoms with Crippen LogP contribution in [0.1, 0.15) is 48.7 Å². The molecule has 2 atom stereocenters. The molecule has 2 fully saturated rings. The standard InChI is InChI=1S/C17H26N2O3S/c1-13-12-23-17(18-13)14-4-2-7-19(10-14)16(20)6-9-21-11-15-5-3-8-22-15/h12,14-15H,2-11H2,1H3. The summed E-state index contributed by atoms with van der Waals surface area (Å²) in [6, 6.07) is 0. The molecule has 1 amide bonds. The number of thiazole rings is 1. The number of aryl methyl sites for hydroxylation is 1. The lowest BCUT2D eigenvalue weighted by atomic mass is 9.98. The summed E-state index contributed by atoms with van der Waals surface area (Å²) in [7, 11) is 0. The number of nitrogens with zero attached hydrogens (tertiary/aromatic N) is 2. The minimum absolute atomic E-state index is 0.204. The van der Waals surface area contributed by atoms with Gasteiger partial charge in [-0.15, -0.1) is 11.3 Å². The molecule has 1 aromatic heterocycles. The highest BCUT2D eigenvalue weighted by Crippen LogP contribution is 2.29. The number of piperidine rings is 1. The van der Waals surface area contributed by atoms with Gasteiger partial charge in [0.1, 0.15) is 0 Å². The number of carbonyl (C=O) groups is 1. The summed E-state index contributed by atoms with van der Waals surface area (Å²) < 4.78 is 11.1. The van der Waals surface area contributed by atoms with Gasteiger partial charge in [0.15, 0.2) is 0 Å². The fourth-order valence-corrected chi connectivity index (χ4v) is 4.20. The number of likely N-dealkylation sites (tertiary alicyclic amines) is 1. The number of ether oxygens (including phenoxy) is 2. The van der Waals surface area contributed by atoms with Crippen molar-refractivity contribution in [3.05, 3.63) is 16.1 Å². The van der Waals surface area contributed by atoms with Gasteiger partial charge < -0.3 is 14.4 Å². The second kappa shape index (κ2) is 8.22. The van der Waals surface area contributed by atoms with Gasteiger partial charge in [-0.3, -0.25) is 4.79 Å². The topological polar surface area (TPSA) is 51.7 Å². The molecule has 1 aromatic rings. The molecule has 128 valence electrons. The van der Waals surface area contributed by atoms with E-state index in [-0.39, 0.29) is 12.0 Å². The average molecular weight is 338 g/mol. The Bertz CT molecular complexity index is 514. The molecule has 2 unspecified atom stereocenters. The molecule has 2 saturated heterocycles. The maximum atomic E-state index is 12.4. The van der Waals surface area contributed by atoms with Crippen molar-refractivity contribution in [2.24, 2.45) is 0 Å². The fraction of sp³-hybridized carbons (Fsp3) is 0.765. The molecule has 23 heavy (non-hydrogen) atoms. The zero-order valence-electron chi connectivity index (χ0n) is 13.8. The van der Waals surface area contributed by atoms with E-state index in [1.54, 1.807) is 11.3 Å². The first-order chi connectivity index (χ1) is 11.2. The Morgan fingerprint density at radius 2 is 2.39 bits per heavy atom. The van der Waals surface area contributed by atoms with Gasteiger partial charge in [-0.25, -0.2) is 4.98 Å². The van der Waals surface area contributed by atoms with E-state index in [2.05, 4.69) is 10.4 Å². The second-order valence-electron chi connectivity index (χ2n) is 6.47. The third-order valence-electron chi connectivity index (χ3n) is 4.55. The highest BCUT2D eigenvalue weighted by atomic mass is 32.1. The van der Waals surface area contributed by atoms with Crippen molar-refractivity contribution in [2.75, 3.05) is 32.9 Å². The Kier molecular flexibility index (Phi) is 6.02. The number of amides is 1. The van der Waals surface area contributed by atoms with Crippen LogP contribution in [-0.4, -0.2) is 54.8 Å². The van der Waals surface area contributed by atoms with Crippen molar-refractivity contribution in [3.63, 3.8) is 0 Å². The number of rotatable bonds is 6. The third kappa shape index (κ3) is 4.75. The Hall–Kier alpha value is -0.980. The molecular weight excluding hydrogens is 312 g/mol. The van der Waals surface area contributed by atoms with Crippen molar-refractivity contribution in [1.29, 1.82) is 0 Å². The van der Waals surface area contributed by atoms with Gasteiger partial charge in [0.25, 0.3) is 0 Å². The summed E-state index contributed by atoms with van der Waals surface area (Å²) in [6.07, 6.45) is 5.10. The molecule has 0 radical (unpaired) electrons. The molecule has 0 aliphatic carbocycles. The van der Waals surface area contributed by atoms with Gasteiger partial charge in [0.2, 0.25) is 5.91 Å². The minimum atomic E-state index is 0.204. The van der Waals surface area contributed by atoms with Crippen LogP contribution in [-0.2, 0) is 14.3 Å².